The Morgan fingerprint density at radius 3 is 2.60 bits per heavy atom. The smallest absolute Gasteiger partial charge is 0.354 e. The van der Waals surface area contributed by atoms with Gasteiger partial charge in [0.05, 0.1) is 11.7 Å². The highest BCUT2D eigenvalue weighted by molar-refractivity contribution is 7.52. The third-order valence-electron chi connectivity index (χ3n) is 7.35. The number of nitrogens with one attached hydrogen (secondary N) is 1. The van der Waals surface area contributed by atoms with E-state index in [1.807, 2.05) is 0 Å². The zero-order chi connectivity index (χ0) is 30.2. The molecule has 0 aromatic carbocycles. The predicted molar refractivity (Wildman–Crippen MR) is 141 cm³/mol. The van der Waals surface area contributed by atoms with Crippen molar-refractivity contribution in [3.8, 4) is 0 Å². The van der Waals surface area contributed by atoms with Gasteiger partial charge in [-0.3, -0.25) is 23.4 Å². The second-order valence-electron chi connectivity index (χ2n) is 10.1. The first-order valence-corrected chi connectivity index (χ1v) is 14.6. The summed E-state index contributed by atoms with van der Waals surface area (Å²) in [6.45, 7) is 1.11. The van der Waals surface area contributed by atoms with E-state index in [0.29, 0.717) is 5.56 Å². The fraction of sp³-hybridized carbons (Fsp3) is 0.500. The van der Waals surface area contributed by atoms with Crippen LogP contribution >= 0.6 is 7.60 Å². The Morgan fingerprint density at radius 1 is 1.00 bits per heavy atom. The average Bonchev–Trinajstić information content (AvgIpc) is 3.68. The molecule has 21 heteroatoms. The van der Waals surface area contributed by atoms with E-state index in [9.17, 15) is 24.5 Å². The Morgan fingerprint density at radius 2 is 1.79 bits per heavy atom. The van der Waals surface area contributed by atoms with Gasteiger partial charge in [0.25, 0.3) is 5.56 Å². The molecule has 0 radical (unpaired) electrons. The molecular weight excluding hydrogens is 597 g/mol. The normalized spacial score (nSPS) is 35.2. The van der Waals surface area contributed by atoms with Crippen molar-refractivity contribution in [3.05, 3.63) is 34.8 Å². The number of nitrogens with two attached hydrogens (primary N) is 2. The number of H-pyrrole nitrogens is 1. The maximum Gasteiger partial charge on any atom is 0.354 e. The number of hydrogen-bond donors (Lipinski definition) is 6. The van der Waals surface area contributed by atoms with E-state index in [4.69, 9.17) is 39.7 Å². The van der Waals surface area contributed by atoms with Crippen molar-refractivity contribution in [2.75, 3.05) is 24.6 Å². The first kappa shape index (κ1) is 28.2. The number of nitrogen functional groups attached to an aromatic ring is 2. The lowest BCUT2D eigenvalue weighted by Crippen LogP contribution is -2.40. The summed E-state index contributed by atoms with van der Waals surface area (Å²) in [6, 6.07) is 0. The first-order chi connectivity index (χ1) is 20.5. The van der Waals surface area contributed by atoms with Gasteiger partial charge in [-0.05, 0) is 12.5 Å². The van der Waals surface area contributed by atoms with Gasteiger partial charge in [-0.25, -0.2) is 15.0 Å². The monoisotopic (exact) mass is 623 g/mol. The third kappa shape index (κ3) is 4.68. The number of fused-ring (bicyclic) bond motifs is 5. The van der Waals surface area contributed by atoms with Crippen LogP contribution < -0.4 is 17.0 Å². The van der Waals surface area contributed by atoms with Gasteiger partial charge < -0.3 is 54.8 Å². The van der Waals surface area contributed by atoms with Crippen LogP contribution in [0.4, 0.5) is 11.8 Å². The minimum absolute atomic E-state index is 0.0888. The van der Waals surface area contributed by atoms with Gasteiger partial charge >= 0.3 is 7.60 Å². The molecule has 2 bridgehead atoms. The number of aromatic amines is 1. The van der Waals surface area contributed by atoms with Crippen LogP contribution in [0.1, 0.15) is 18.0 Å². The van der Waals surface area contributed by atoms with E-state index >= 15 is 0 Å². The SMILES string of the molecule is Cc1cn(C2OC3OCOC4C(OCP(=O)(O)OC2C3O)OC(n2cnc3c(N)ncnc32)C4O)c2nc(N)[nH]c(=O)c12. The first-order valence-electron chi connectivity index (χ1n) is 12.8. The fourth-order valence-corrected chi connectivity index (χ4v) is 6.44. The van der Waals surface area contributed by atoms with Crippen molar-refractivity contribution < 1.29 is 47.9 Å². The number of imidazole rings is 1. The maximum atomic E-state index is 13.2. The third-order valence-corrected chi connectivity index (χ3v) is 8.40. The molecule has 4 aromatic heterocycles. The van der Waals surface area contributed by atoms with Crippen LogP contribution in [-0.4, -0.2) is 99.3 Å². The van der Waals surface area contributed by atoms with Gasteiger partial charge in [-0.1, -0.05) is 0 Å². The van der Waals surface area contributed by atoms with Crippen LogP contribution in [0.2, 0.25) is 0 Å². The lowest BCUT2D eigenvalue weighted by Gasteiger charge is -2.27. The minimum atomic E-state index is -4.66. The number of hydrogen-bond acceptors (Lipinski definition) is 16. The molecule has 0 spiro atoms. The average molecular weight is 623 g/mol. The second-order valence-corrected chi connectivity index (χ2v) is 11.9. The molecule has 20 nitrogen and oxygen atoms in total. The fourth-order valence-electron chi connectivity index (χ4n) is 5.43. The molecule has 43 heavy (non-hydrogen) atoms. The molecular formula is C22H26N9O11P. The second kappa shape index (κ2) is 10.3. The molecule has 0 aliphatic carbocycles. The standard InChI is InChI=1S/C22H26N9O11P/c1-7-2-30(15-8(7)17(34)29-22(24)28-15)19-12-11(33)20(41-19)38-5-37-13-10(32)18(40-21(13)39-6-43(35,36)42-12)31-4-27-9-14(23)25-3-26-16(9)31/h2-4,10-13,18-21,32-33H,5-6H2,1H3,(H,35,36)(H2,23,25,26)(H3,24,28,29,34). The summed E-state index contributed by atoms with van der Waals surface area (Å²) in [5, 5.41) is 22.4. The predicted octanol–water partition coefficient (Wildman–Crippen LogP) is -1.61. The van der Waals surface area contributed by atoms with Crippen molar-refractivity contribution in [3.63, 3.8) is 0 Å². The summed E-state index contributed by atoms with van der Waals surface area (Å²) in [5.74, 6) is -0.0628. The van der Waals surface area contributed by atoms with Gasteiger partial charge in [-0.2, -0.15) is 4.98 Å². The Hall–Kier alpha value is -3.56. The highest BCUT2D eigenvalue weighted by Crippen LogP contribution is 2.50. The summed E-state index contributed by atoms with van der Waals surface area (Å²) >= 11 is 0. The summed E-state index contributed by atoms with van der Waals surface area (Å²) in [7, 11) is -4.66. The molecule has 3 fully saturated rings. The lowest BCUT2D eigenvalue weighted by atomic mass is 10.2. The van der Waals surface area contributed by atoms with Crippen LogP contribution in [0.3, 0.4) is 0 Å². The number of aliphatic hydroxyl groups excluding tert-OH is 2. The van der Waals surface area contributed by atoms with Gasteiger partial charge in [0, 0.05) is 6.20 Å². The number of aromatic nitrogens is 7. The van der Waals surface area contributed by atoms with E-state index in [-0.39, 0.29) is 34.0 Å². The number of ether oxygens (including phenoxy) is 5. The van der Waals surface area contributed by atoms with Crippen LogP contribution in [0.25, 0.3) is 22.2 Å². The van der Waals surface area contributed by atoms with Gasteiger partial charge in [0.2, 0.25) is 5.95 Å². The molecule has 3 aliphatic rings. The number of anilines is 2. The quantitative estimate of drug-likeness (QED) is 0.137. The molecule has 0 saturated carbocycles. The van der Waals surface area contributed by atoms with Gasteiger partial charge in [-0.15, -0.1) is 0 Å². The van der Waals surface area contributed by atoms with E-state index in [1.165, 1.54) is 28.0 Å². The summed E-state index contributed by atoms with van der Waals surface area (Å²) in [5.41, 5.74) is 12.2. The largest absolute Gasteiger partial charge is 0.385 e. The molecule has 4 aromatic rings. The van der Waals surface area contributed by atoms with E-state index in [2.05, 4.69) is 24.9 Å². The summed E-state index contributed by atoms with van der Waals surface area (Å²) in [4.78, 5) is 42.1. The van der Waals surface area contributed by atoms with Crippen LogP contribution in [0, 0.1) is 6.92 Å². The van der Waals surface area contributed by atoms with Crippen LogP contribution in [-0.2, 0) is 32.8 Å². The Kier molecular flexibility index (Phi) is 6.74. The number of aryl methyl sites for hydroxylation is 1. The zero-order valence-corrected chi connectivity index (χ0v) is 23.1. The Bertz CT molecular complexity index is 1810. The molecule has 3 saturated heterocycles. The zero-order valence-electron chi connectivity index (χ0n) is 22.2. The lowest BCUT2D eigenvalue weighted by molar-refractivity contribution is -0.249. The highest BCUT2D eigenvalue weighted by Gasteiger charge is 2.52. The number of aliphatic hydroxyl groups is 2. The molecule has 7 heterocycles. The molecule has 9 unspecified atom stereocenters. The van der Waals surface area contributed by atoms with E-state index in [1.54, 1.807) is 6.92 Å². The van der Waals surface area contributed by atoms with Crippen LogP contribution in [0.15, 0.2) is 23.6 Å². The number of rotatable bonds is 2. The maximum absolute atomic E-state index is 13.2. The van der Waals surface area contributed by atoms with Gasteiger partial charge in [0.15, 0.2) is 55.3 Å². The molecule has 7 rings (SSSR count). The Labute approximate surface area is 239 Å². The van der Waals surface area contributed by atoms with Crippen LogP contribution in [0.5, 0.6) is 0 Å². The van der Waals surface area contributed by atoms with Crippen molar-refractivity contribution in [1.29, 1.82) is 0 Å². The Balaban J connectivity index is 1.18. The van der Waals surface area contributed by atoms with Crippen molar-refractivity contribution >= 4 is 41.6 Å². The minimum Gasteiger partial charge on any atom is -0.385 e. The molecule has 0 amide bonds. The van der Waals surface area contributed by atoms with E-state index < -0.39 is 75.7 Å². The molecule has 9 atom stereocenters. The van der Waals surface area contributed by atoms with Gasteiger partial charge in [0.1, 0.15) is 36.3 Å². The molecule has 3 aliphatic heterocycles. The highest BCUT2D eigenvalue weighted by atomic mass is 31.2. The molecule has 230 valence electrons. The summed E-state index contributed by atoms with van der Waals surface area (Å²) in [6.07, 6.45) is -7.90. The number of nitrogens with zero attached hydrogens (tertiary/aromatic N) is 6. The molecule has 8 N–H and O–H groups in total. The van der Waals surface area contributed by atoms with Crippen molar-refractivity contribution in [2.45, 2.75) is 56.4 Å². The van der Waals surface area contributed by atoms with Crippen molar-refractivity contribution in [2.24, 2.45) is 0 Å². The van der Waals surface area contributed by atoms with Crippen molar-refractivity contribution in [1.82, 2.24) is 34.1 Å². The topological polar surface area (TPSA) is 279 Å². The summed E-state index contributed by atoms with van der Waals surface area (Å²) < 4.78 is 50.2. The van der Waals surface area contributed by atoms with E-state index in [0.717, 1.165) is 0 Å².